The fourth-order valence-corrected chi connectivity index (χ4v) is 6.19. The first-order valence-electron chi connectivity index (χ1n) is 12.8. The number of ether oxygens (including phenoxy) is 3. The summed E-state index contributed by atoms with van der Waals surface area (Å²) in [6, 6.07) is 14.2. The minimum Gasteiger partial charge on any atom is -0.507 e. The summed E-state index contributed by atoms with van der Waals surface area (Å²) < 4.78 is 17.5. The van der Waals surface area contributed by atoms with Crippen molar-refractivity contribution in [3.8, 4) is 23.0 Å². The number of carbonyl (C=O) groups is 2. The van der Waals surface area contributed by atoms with Gasteiger partial charge in [-0.15, -0.1) is 0 Å². The van der Waals surface area contributed by atoms with Gasteiger partial charge < -0.3 is 24.4 Å². The maximum Gasteiger partial charge on any atom is 0.301 e. The van der Waals surface area contributed by atoms with Gasteiger partial charge in [-0.3, -0.25) is 14.5 Å². The predicted molar refractivity (Wildman–Crippen MR) is 150 cm³/mol. The summed E-state index contributed by atoms with van der Waals surface area (Å²) >= 11 is 1.23. The zero-order valence-corrected chi connectivity index (χ0v) is 22.8. The van der Waals surface area contributed by atoms with Crippen LogP contribution in [-0.4, -0.2) is 46.7 Å². The molecule has 204 valence electrons. The Labute approximate surface area is 233 Å². The van der Waals surface area contributed by atoms with Gasteiger partial charge in [0.05, 0.1) is 35.5 Å². The van der Waals surface area contributed by atoms with Crippen LogP contribution >= 0.6 is 11.3 Å². The van der Waals surface area contributed by atoms with Crippen molar-refractivity contribution in [3.63, 3.8) is 0 Å². The Kier molecular flexibility index (Phi) is 6.34. The Morgan fingerprint density at radius 3 is 2.75 bits per heavy atom. The van der Waals surface area contributed by atoms with Gasteiger partial charge in [0, 0.05) is 12.0 Å². The van der Waals surface area contributed by atoms with Gasteiger partial charge in [0.25, 0.3) is 5.78 Å². The fraction of sp³-hybridized carbons (Fsp3) is 0.233. The highest BCUT2D eigenvalue weighted by Crippen LogP contribution is 2.46. The number of aliphatic hydroxyl groups excluding tert-OH is 1. The topological polar surface area (TPSA) is 118 Å². The van der Waals surface area contributed by atoms with Gasteiger partial charge in [-0.2, -0.15) is 0 Å². The normalized spacial score (nSPS) is 19.6. The summed E-state index contributed by atoms with van der Waals surface area (Å²) in [6.07, 6.45) is 0.670. The third-order valence-electron chi connectivity index (χ3n) is 7.00. The molecule has 10 heteroatoms. The lowest BCUT2D eigenvalue weighted by Crippen LogP contribution is -2.29. The predicted octanol–water partition coefficient (Wildman–Crippen LogP) is 5.36. The Hall–Kier alpha value is -4.57. The number of fused-ring (bicyclic) bond motifs is 2. The molecule has 3 heterocycles. The molecule has 1 fully saturated rings. The van der Waals surface area contributed by atoms with Crippen molar-refractivity contribution < 1.29 is 34.0 Å². The van der Waals surface area contributed by atoms with Crippen molar-refractivity contribution >= 4 is 44.1 Å². The van der Waals surface area contributed by atoms with Crippen LogP contribution in [0.15, 0.2) is 60.2 Å². The molecule has 0 bridgehead atoms. The van der Waals surface area contributed by atoms with Gasteiger partial charge in [0.15, 0.2) is 16.6 Å². The van der Waals surface area contributed by atoms with Crippen LogP contribution in [0.1, 0.15) is 36.6 Å². The third-order valence-corrected chi connectivity index (χ3v) is 8.02. The van der Waals surface area contributed by atoms with Gasteiger partial charge in [0.1, 0.15) is 23.4 Å². The van der Waals surface area contributed by atoms with Gasteiger partial charge in [-0.25, -0.2) is 4.98 Å². The van der Waals surface area contributed by atoms with Crippen LogP contribution < -0.4 is 19.1 Å². The van der Waals surface area contributed by atoms with Crippen LogP contribution in [0, 0.1) is 0 Å². The van der Waals surface area contributed by atoms with E-state index in [1.54, 1.807) is 56.5 Å². The monoisotopic (exact) mass is 558 g/mol. The first-order valence-corrected chi connectivity index (χ1v) is 13.6. The zero-order chi connectivity index (χ0) is 28.1. The third kappa shape index (κ3) is 4.21. The second-order valence-corrected chi connectivity index (χ2v) is 10.6. The number of aliphatic hydroxyl groups is 1. The maximum absolute atomic E-state index is 13.6. The number of carbonyl (C=O) groups excluding carboxylic acids is 2. The Morgan fingerprint density at radius 1 is 1.15 bits per heavy atom. The van der Waals surface area contributed by atoms with Gasteiger partial charge in [-0.05, 0) is 73.5 Å². The summed E-state index contributed by atoms with van der Waals surface area (Å²) in [5, 5.41) is 22.2. The summed E-state index contributed by atoms with van der Waals surface area (Å²) in [5.41, 5.74) is 2.33. The number of methoxy groups -OCH3 is 1. The SMILES string of the molecule is CCOc1cc([C@@H]2C(=C(O)c3ccc4c(c3)C[C@H](C)O4)C(=O)C(=O)N2c2nc3ccc(OC)cc3s2)ccc1O. The minimum absolute atomic E-state index is 0.00428. The highest BCUT2D eigenvalue weighted by atomic mass is 32.1. The molecular formula is C30H26N2O7S. The number of nitrogens with zero attached hydrogens (tertiary/aromatic N) is 2. The average molecular weight is 559 g/mol. The van der Waals surface area contributed by atoms with E-state index in [-0.39, 0.29) is 34.1 Å². The van der Waals surface area contributed by atoms with Crippen LogP contribution in [0.2, 0.25) is 0 Å². The maximum atomic E-state index is 13.6. The van der Waals surface area contributed by atoms with E-state index in [9.17, 15) is 19.8 Å². The zero-order valence-electron chi connectivity index (χ0n) is 22.0. The number of hydrogen-bond acceptors (Lipinski definition) is 9. The summed E-state index contributed by atoms with van der Waals surface area (Å²) in [6.45, 7) is 4.04. The number of aromatic nitrogens is 1. The number of amides is 1. The van der Waals surface area contributed by atoms with E-state index in [0.717, 1.165) is 16.0 Å². The molecule has 0 aliphatic carbocycles. The molecule has 9 nitrogen and oxygen atoms in total. The Balaban J connectivity index is 1.54. The largest absolute Gasteiger partial charge is 0.507 e. The molecule has 1 aromatic heterocycles. The number of Topliss-reactive ketones (excluding diaryl/α,β-unsaturated/α-hetero) is 1. The van der Waals surface area contributed by atoms with E-state index >= 15 is 0 Å². The van der Waals surface area contributed by atoms with E-state index in [4.69, 9.17) is 14.2 Å². The van der Waals surface area contributed by atoms with Crippen molar-refractivity contribution in [2.45, 2.75) is 32.4 Å². The van der Waals surface area contributed by atoms with Crippen molar-refractivity contribution in [1.29, 1.82) is 0 Å². The van der Waals surface area contributed by atoms with E-state index in [1.165, 1.54) is 22.3 Å². The molecule has 40 heavy (non-hydrogen) atoms. The van der Waals surface area contributed by atoms with Crippen LogP contribution in [0.3, 0.4) is 0 Å². The number of ketones is 1. The van der Waals surface area contributed by atoms with Crippen molar-refractivity contribution in [2.75, 3.05) is 18.6 Å². The quantitative estimate of drug-likeness (QED) is 0.185. The van der Waals surface area contributed by atoms with Gasteiger partial charge in [-0.1, -0.05) is 17.4 Å². The molecule has 2 aliphatic rings. The molecule has 2 atom stereocenters. The molecule has 0 saturated carbocycles. The molecule has 1 amide bonds. The molecule has 3 aromatic carbocycles. The number of hydrogen-bond donors (Lipinski definition) is 2. The number of rotatable bonds is 6. The smallest absolute Gasteiger partial charge is 0.301 e. The molecule has 2 aliphatic heterocycles. The molecule has 4 aromatic rings. The van der Waals surface area contributed by atoms with E-state index in [1.807, 2.05) is 13.0 Å². The van der Waals surface area contributed by atoms with Crippen LogP contribution in [0.25, 0.3) is 16.0 Å². The summed E-state index contributed by atoms with van der Waals surface area (Å²) in [5.74, 6) is -0.480. The van der Waals surface area contributed by atoms with Crippen LogP contribution in [0.4, 0.5) is 5.13 Å². The molecular weight excluding hydrogens is 532 g/mol. The highest BCUT2D eigenvalue weighted by Gasteiger charge is 2.48. The number of phenolic OH excluding ortho intramolecular Hbond substituents is 1. The Morgan fingerprint density at radius 2 is 1.98 bits per heavy atom. The second-order valence-electron chi connectivity index (χ2n) is 9.61. The molecule has 6 rings (SSSR count). The minimum atomic E-state index is -1.02. The summed E-state index contributed by atoms with van der Waals surface area (Å²) in [4.78, 5) is 33.2. The van der Waals surface area contributed by atoms with E-state index < -0.39 is 17.7 Å². The molecule has 0 radical (unpaired) electrons. The molecule has 0 spiro atoms. The standard InChI is InChI=1S/C30H26N2O7S/c1-4-38-23-13-16(5-9-21(23)33)26-25(27(34)17-6-10-22-18(12-17)11-15(2)39-22)28(35)29(36)32(26)30-31-20-8-7-19(37-3)14-24(20)40-30/h5-10,12-15,26,33-34H,4,11H2,1-3H3/t15-,26+/m0/s1. The number of phenols is 1. The first-order chi connectivity index (χ1) is 19.3. The van der Waals surface area contributed by atoms with E-state index in [2.05, 4.69) is 4.98 Å². The summed E-state index contributed by atoms with van der Waals surface area (Å²) in [7, 11) is 1.56. The Bertz CT molecular complexity index is 1710. The lowest BCUT2D eigenvalue weighted by molar-refractivity contribution is -0.132. The molecule has 1 saturated heterocycles. The molecule has 0 unspecified atom stereocenters. The van der Waals surface area contributed by atoms with Gasteiger partial charge in [0.2, 0.25) is 0 Å². The lowest BCUT2D eigenvalue weighted by atomic mass is 9.94. The van der Waals surface area contributed by atoms with Crippen LogP contribution in [-0.2, 0) is 16.0 Å². The van der Waals surface area contributed by atoms with Crippen LogP contribution in [0.5, 0.6) is 23.0 Å². The second kappa shape index (κ2) is 9.87. The van der Waals surface area contributed by atoms with E-state index in [0.29, 0.717) is 35.4 Å². The van der Waals surface area contributed by atoms with Crippen molar-refractivity contribution in [2.24, 2.45) is 0 Å². The number of aromatic hydroxyl groups is 1. The lowest BCUT2D eigenvalue weighted by Gasteiger charge is -2.23. The number of anilines is 1. The molecule has 2 N–H and O–H groups in total. The number of benzene rings is 3. The average Bonchev–Trinajstić information content (AvgIpc) is 3.61. The first kappa shape index (κ1) is 25.7. The van der Waals surface area contributed by atoms with Gasteiger partial charge >= 0.3 is 5.91 Å². The fourth-order valence-electron chi connectivity index (χ4n) is 5.16. The number of thiazole rings is 1. The van der Waals surface area contributed by atoms with Crippen molar-refractivity contribution in [3.05, 3.63) is 76.9 Å². The highest BCUT2D eigenvalue weighted by molar-refractivity contribution is 7.22. The van der Waals surface area contributed by atoms with Crippen molar-refractivity contribution in [1.82, 2.24) is 4.98 Å².